The molecule has 3 nitrogen and oxygen atoms in total. The molecule has 1 aromatic rings. The van der Waals surface area contributed by atoms with Crippen LogP contribution in [-0.4, -0.2) is 18.5 Å². The van der Waals surface area contributed by atoms with Crippen LogP contribution in [0.4, 0.5) is 4.39 Å². The third-order valence-corrected chi connectivity index (χ3v) is 3.66. The minimum absolute atomic E-state index is 0. The van der Waals surface area contributed by atoms with Crippen LogP contribution in [0.5, 0.6) is 0 Å². The Balaban J connectivity index is 0.00000220. The molecule has 0 bridgehead atoms. The SMILES string of the molecule is CCNC(=NCc1ccccc1F)NC1CCCCC1.I. The molecule has 0 atom stereocenters. The third-order valence-electron chi connectivity index (χ3n) is 3.66. The van der Waals surface area contributed by atoms with Crippen LogP contribution in [0.3, 0.4) is 0 Å². The van der Waals surface area contributed by atoms with E-state index in [-0.39, 0.29) is 29.8 Å². The lowest BCUT2D eigenvalue weighted by molar-refractivity contribution is 0.410. The van der Waals surface area contributed by atoms with Crippen molar-refractivity contribution in [2.75, 3.05) is 6.54 Å². The van der Waals surface area contributed by atoms with Crippen LogP contribution in [0.25, 0.3) is 0 Å². The van der Waals surface area contributed by atoms with Gasteiger partial charge in [0.15, 0.2) is 5.96 Å². The van der Waals surface area contributed by atoms with Crippen molar-refractivity contribution in [1.82, 2.24) is 10.6 Å². The van der Waals surface area contributed by atoms with Gasteiger partial charge in [0, 0.05) is 18.2 Å². The normalized spacial score (nSPS) is 16.2. The molecule has 0 aliphatic heterocycles. The summed E-state index contributed by atoms with van der Waals surface area (Å²) in [7, 11) is 0. The van der Waals surface area contributed by atoms with Crippen LogP contribution in [-0.2, 0) is 6.54 Å². The van der Waals surface area contributed by atoms with Gasteiger partial charge in [0.05, 0.1) is 6.54 Å². The largest absolute Gasteiger partial charge is 0.357 e. The number of hydrogen-bond acceptors (Lipinski definition) is 1. The van der Waals surface area contributed by atoms with E-state index in [1.165, 1.54) is 38.2 Å². The molecule has 1 aromatic carbocycles. The second-order valence-corrected chi connectivity index (χ2v) is 5.27. The van der Waals surface area contributed by atoms with Gasteiger partial charge in [-0.25, -0.2) is 9.38 Å². The molecule has 0 radical (unpaired) electrons. The lowest BCUT2D eigenvalue weighted by atomic mass is 9.96. The smallest absolute Gasteiger partial charge is 0.191 e. The van der Waals surface area contributed by atoms with Crippen molar-refractivity contribution in [3.8, 4) is 0 Å². The Labute approximate surface area is 143 Å². The number of nitrogens with zero attached hydrogens (tertiary/aromatic N) is 1. The molecule has 1 aliphatic carbocycles. The highest BCUT2D eigenvalue weighted by Crippen LogP contribution is 2.17. The van der Waals surface area contributed by atoms with E-state index in [0.29, 0.717) is 18.2 Å². The molecule has 1 aliphatic rings. The van der Waals surface area contributed by atoms with E-state index < -0.39 is 0 Å². The van der Waals surface area contributed by atoms with E-state index in [0.717, 1.165) is 12.5 Å². The van der Waals surface area contributed by atoms with Gasteiger partial charge in [-0.05, 0) is 25.8 Å². The number of hydrogen-bond donors (Lipinski definition) is 2. The molecule has 118 valence electrons. The first-order valence-electron chi connectivity index (χ1n) is 7.58. The summed E-state index contributed by atoms with van der Waals surface area (Å²) in [4.78, 5) is 4.49. The van der Waals surface area contributed by atoms with Gasteiger partial charge in [-0.15, -0.1) is 24.0 Å². The number of benzene rings is 1. The number of aliphatic imine (C=N–C) groups is 1. The van der Waals surface area contributed by atoms with Crippen LogP contribution in [0, 0.1) is 5.82 Å². The Morgan fingerprint density at radius 2 is 1.95 bits per heavy atom. The van der Waals surface area contributed by atoms with Gasteiger partial charge in [0.2, 0.25) is 0 Å². The fourth-order valence-corrected chi connectivity index (χ4v) is 2.55. The first-order chi connectivity index (χ1) is 9.79. The van der Waals surface area contributed by atoms with Crippen molar-refractivity contribution in [3.63, 3.8) is 0 Å². The Morgan fingerprint density at radius 3 is 2.62 bits per heavy atom. The Kier molecular flexibility index (Phi) is 8.64. The van der Waals surface area contributed by atoms with E-state index in [9.17, 15) is 4.39 Å². The highest BCUT2D eigenvalue weighted by Gasteiger charge is 2.14. The monoisotopic (exact) mass is 405 g/mol. The third kappa shape index (κ3) is 6.20. The van der Waals surface area contributed by atoms with Crippen LogP contribution >= 0.6 is 24.0 Å². The molecule has 0 spiro atoms. The minimum atomic E-state index is -0.190. The predicted octanol–water partition coefficient (Wildman–Crippen LogP) is 3.83. The van der Waals surface area contributed by atoms with E-state index >= 15 is 0 Å². The van der Waals surface area contributed by atoms with Gasteiger partial charge in [-0.2, -0.15) is 0 Å². The summed E-state index contributed by atoms with van der Waals surface area (Å²) in [5.74, 6) is 0.604. The molecule has 0 amide bonds. The second-order valence-electron chi connectivity index (χ2n) is 5.27. The maximum atomic E-state index is 13.6. The Hall–Kier alpha value is -0.850. The van der Waals surface area contributed by atoms with Gasteiger partial charge >= 0.3 is 0 Å². The summed E-state index contributed by atoms with van der Waals surface area (Å²) in [6.45, 7) is 3.23. The van der Waals surface area contributed by atoms with Crippen molar-refractivity contribution in [2.45, 2.75) is 51.6 Å². The fourth-order valence-electron chi connectivity index (χ4n) is 2.55. The molecule has 2 rings (SSSR count). The average molecular weight is 405 g/mol. The van der Waals surface area contributed by atoms with Crippen LogP contribution in [0.1, 0.15) is 44.6 Å². The summed E-state index contributed by atoms with van der Waals surface area (Å²) >= 11 is 0. The molecule has 0 saturated heterocycles. The first-order valence-corrected chi connectivity index (χ1v) is 7.58. The number of nitrogens with one attached hydrogen (secondary N) is 2. The van der Waals surface area contributed by atoms with E-state index in [1.54, 1.807) is 12.1 Å². The van der Waals surface area contributed by atoms with Gasteiger partial charge in [0.1, 0.15) is 5.82 Å². The molecule has 0 aromatic heterocycles. The summed E-state index contributed by atoms with van der Waals surface area (Å²) in [5.41, 5.74) is 0.633. The molecule has 1 fully saturated rings. The van der Waals surface area contributed by atoms with Gasteiger partial charge < -0.3 is 10.6 Å². The first kappa shape index (κ1) is 18.2. The quantitative estimate of drug-likeness (QED) is 0.454. The Bertz CT molecular complexity index is 445. The zero-order valence-electron chi connectivity index (χ0n) is 12.6. The fraction of sp³-hybridized carbons (Fsp3) is 0.562. The predicted molar refractivity (Wildman–Crippen MR) is 96.6 cm³/mol. The zero-order chi connectivity index (χ0) is 14.2. The zero-order valence-corrected chi connectivity index (χ0v) is 14.9. The van der Waals surface area contributed by atoms with Crippen molar-refractivity contribution < 1.29 is 4.39 Å². The van der Waals surface area contributed by atoms with Gasteiger partial charge in [-0.3, -0.25) is 0 Å². The molecule has 0 unspecified atom stereocenters. The van der Waals surface area contributed by atoms with E-state index in [4.69, 9.17) is 0 Å². The van der Waals surface area contributed by atoms with Crippen LogP contribution in [0.2, 0.25) is 0 Å². The summed E-state index contributed by atoms with van der Waals surface area (Å²) in [5, 5.41) is 6.70. The minimum Gasteiger partial charge on any atom is -0.357 e. The molecule has 1 saturated carbocycles. The lowest BCUT2D eigenvalue weighted by Crippen LogP contribution is -2.44. The molecule has 2 N–H and O–H groups in total. The van der Waals surface area contributed by atoms with Gasteiger partial charge in [0.25, 0.3) is 0 Å². The van der Waals surface area contributed by atoms with Crippen molar-refractivity contribution in [3.05, 3.63) is 35.6 Å². The van der Waals surface area contributed by atoms with Crippen molar-refractivity contribution in [2.24, 2.45) is 4.99 Å². The van der Waals surface area contributed by atoms with Crippen LogP contribution in [0.15, 0.2) is 29.3 Å². The molecular formula is C16H25FIN3. The highest BCUT2D eigenvalue weighted by molar-refractivity contribution is 14.0. The molecule has 21 heavy (non-hydrogen) atoms. The maximum Gasteiger partial charge on any atom is 0.191 e. The number of guanidine groups is 1. The maximum absolute atomic E-state index is 13.6. The number of halogens is 2. The van der Waals surface area contributed by atoms with Crippen molar-refractivity contribution >= 4 is 29.9 Å². The van der Waals surface area contributed by atoms with Crippen LogP contribution < -0.4 is 10.6 Å². The molecule has 0 heterocycles. The summed E-state index contributed by atoms with van der Waals surface area (Å²) in [6.07, 6.45) is 6.30. The summed E-state index contributed by atoms with van der Waals surface area (Å²) < 4.78 is 13.6. The van der Waals surface area contributed by atoms with Crippen molar-refractivity contribution in [1.29, 1.82) is 0 Å². The molecule has 5 heteroatoms. The summed E-state index contributed by atoms with van der Waals surface area (Å²) in [6, 6.07) is 7.31. The standard InChI is InChI=1S/C16H24FN3.HI/c1-2-18-16(20-14-9-4-3-5-10-14)19-12-13-8-6-7-11-15(13)17;/h6-8,11,14H,2-5,9-10,12H2,1H3,(H2,18,19,20);1H. The Morgan fingerprint density at radius 1 is 1.24 bits per heavy atom. The van der Waals surface area contributed by atoms with Gasteiger partial charge in [-0.1, -0.05) is 37.5 Å². The molecular weight excluding hydrogens is 380 g/mol. The second kappa shape index (κ2) is 9.97. The van der Waals surface area contributed by atoms with E-state index in [2.05, 4.69) is 15.6 Å². The average Bonchev–Trinajstić information content (AvgIpc) is 2.47. The highest BCUT2D eigenvalue weighted by atomic mass is 127. The van der Waals surface area contributed by atoms with E-state index in [1.807, 2.05) is 13.0 Å². The topological polar surface area (TPSA) is 36.4 Å². The number of rotatable bonds is 4. The lowest BCUT2D eigenvalue weighted by Gasteiger charge is -2.24.